The van der Waals surface area contributed by atoms with E-state index in [2.05, 4.69) is 41.8 Å². The second-order valence-corrected chi connectivity index (χ2v) is 8.86. The van der Waals surface area contributed by atoms with Crippen molar-refractivity contribution in [2.45, 2.75) is 39.2 Å². The van der Waals surface area contributed by atoms with Crippen molar-refractivity contribution in [3.05, 3.63) is 59.4 Å². The zero-order chi connectivity index (χ0) is 20.4. The molecule has 1 atom stereocenters. The molecule has 3 heterocycles. The number of likely N-dealkylation sites (tertiary alicyclic amines) is 1. The summed E-state index contributed by atoms with van der Waals surface area (Å²) in [4.78, 5) is 7.09. The molecule has 29 heavy (non-hydrogen) atoms. The van der Waals surface area contributed by atoms with Crippen LogP contribution in [0.3, 0.4) is 0 Å². The summed E-state index contributed by atoms with van der Waals surface area (Å²) in [6.45, 7) is 10.1. The molecule has 0 radical (unpaired) electrons. The second kappa shape index (κ2) is 7.84. The Balaban J connectivity index is 1.32. The average Bonchev–Trinajstić information content (AvgIpc) is 3.33. The molecule has 0 bridgehead atoms. The summed E-state index contributed by atoms with van der Waals surface area (Å²) in [5.74, 6) is 1.14. The lowest BCUT2D eigenvalue weighted by molar-refractivity contribution is 0.229. The minimum absolute atomic E-state index is 0.00302. The molecule has 2 aromatic heterocycles. The summed E-state index contributed by atoms with van der Waals surface area (Å²) in [5.41, 5.74) is 3.82. The van der Waals surface area contributed by atoms with Gasteiger partial charge in [0.05, 0.1) is 30.1 Å². The quantitative estimate of drug-likeness (QED) is 0.664. The second-order valence-electron chi connectivity index (χ2n) is 8.86. The third kappa shape index (κ3) is 4.57. The van der Waals surface area contributed by atoms with E-state index >= 15 is 0 Å². The van der Waals surface area contributed by atoms with Gasteiger partial charge in [-0.15, -0.1) is 5.10 Å². The average molecular weight is 390 g/mol. The Morgan fingerprint density at radius 2 is 1.97 bits per heavy atom. The first kappa shape index (κ1) is 19.4. The van der Waals surface area contributed by atoms with Crippen LogP contribution >= 0.6 is 0 Å². The lowest BCUT2D eigenvalue weighted by atomic mass is 9.93. The van der Waals surface area contributed by atoms with E-state index in [4.69, 9.17) is 10.00 Å². The first-order valence-corrected chi connectivity index (χ1v) is 10.1. The van der Waals surface area contributed by atoms with Crippen molar-refractivity contribution in [3.8, 4) is 11.9 Å². The fourth-order valence-corrected chi connectivity index (χ4v) is 3.64. The number of ether oxygens (including phenoxy) is 1. The summed E-state index contributed by atoms with van der Waals surface area (Å²) < 4.78 is 7.81. The fraction of sp³-hybridized carbons (Fsp3) is 0.435. The number of benzene rings is 1. The van der Waals surface area contributed by atoms with E-state index in [0.717, 1.165) is 37.4 Å². The van der Waals surface area contributed by atoms with Crippen LogP contribution in [0.4, 0.5) is 0 Å². The highest BCUT2D eigenvalue weighted by molar-refractivity contribution is 5.40. The highest BCUT2D eigenvalue weighted by atomic mass is 16.5. The van der Waals surface area contributed by atoms with E-state index in [1.54, 1.807) is 0 Å². The van der Waals surface area contributed by atoms with E-state index in [-0.39, 0.29) is 5.41 Å². The first-order chi connectivity index (χ1) is 13.9. The minimum atomic E-state index is -0.00302. The van der Waals surface area contributed by atoms with Gasteiger partial charge in [0.15, 0.2) is 5.65 Å². The van der Waals surface area contributed by atoms with Gasteiger partial charge in [0.2, 0.25) is 5.88 Å². The van der Waals surface area contributed by atoms with E-state index < -0.39 is 0 Å². The highest BCUT2D eigenvalue weighted by Crippen LogP contribution is 2.23. The van der Waals surface area contributed by atoms with Gasteiger partial charge in [-0.05, 0) is 36.7 Å². The Morgan fingerprint density at radius 3 is 2.69 bits per heavy atom. The smallest absolute Gasteiger partial charge is 0.231 e. The molecule has 1 unspecified atom stereocenters. The summed E-state index contributed by atoms with van der Waals surface area (Å²) in [6, 6.07) is 13.9. The normalized spacial score (nSPS) is 17.5. The molecule has 0 aliphatic carbocycles. The van der Waals surface area contributed by atoms with E-state index in [9.17, 15) is 0 Å². The van der Waals surface area contributed by atoms with E-state index in [1.807, 2.05) is 47.1 Å². The van der Waals surface area contributed by atoms with Gasteiger partial charge in [0.25, 0.3) is 0 Å². The monoisotopic (exact) mass is 389 g/mol. The Hall–Kier alpha value is -2.91. The molecule has 1 aliphatic rings. The molecule has 1 saturated heterocycles. The Kier molecular flexibility index (Phi) is 5.25. The largest absolute Gasteiger partial charge is 0.476 e. The van der Waals surface area contributed by atoms with Gasteiger partial charge in [-0.25, -0.2) is 9.50 Å². The van der Waals surface area contributed by atoms with Gasteiger partial charge in [0.1, 0.15) is 0 Å². The van der Waals surface area contributed by atoms with Crippen LogP contribution in [0.2, 0.25) is 0 Å². The van der Waals surface area contributed by atoms with Crippen LogP contribution in [0, 0.1) is 17.2 Å². The molecule has 1 aromatic carbocycles. The zero-order valence-corrected chi connectivity index (χ0v) is 17.3. The molecule has 150 valence electrons. The Bertz CT molecular complexity index is 1030. The van der Waals surface area contributed by atoms with E-state index in [1.165, 1.54) is 5.56 Å². The number of aromatic nitrogens is 3. The summed E-state index contributed by atoms with van der Waals surface area (Å²) >= 11 is 0. The van der Waals surface area contributed by atoms with Gasteiger partial charge in [-0.3, -0.25) is 4.90 Å². The molecular weight excluding hydrogens is 362 g/mol. The van der Waals surface area contributed by atoms with Crippen molar-refractivity contribution in [1.82, 2.24) is 19.5 Å². The van der Waals surface area contributed by atoms with Crippen molar-refractivity contribution in [1.29, 1.82) is 5.26 Å². The van der Waals surface area contributed by atoms with E-state index in [0.29, 0.717) is 24.0 Å². The molecular formula is C23H27N5O. The predicted molar refractivity (Wildman–Crippen MR) is 112 cm³/mol. The van der Waals surface area contributed by atoms with Crippen LogP contribution < -0.4 is 4.74 Å². The molecule has 6 heteroatoms. The fourth-order valence-electron chi connectivity index (χ4n) is 3.64. The van der Waals surface area contributed by atoms with Crippen LogP contribution in [-0.4, -0.2) is 39.2 Å². The topological polar surface area (TPSA) is 66.5 Å². The zero-order valence-electron chi connectivity index (χ0n) is 17.3. The SMILES string of the molecule is CC(C)(C)c1cn2nc(OCC3CCN(Cc4ccc(C#N)cc4)C3)ccc2n1. The van der Waals surface area contributed by atoms with Gasteiger partial charge >= 0.3 is 0 Å². The van der Waals surface area contributed by atoms with Gasteiger partial charge in [-0.2, -0.15) is 5.26 Å². The number of rotatable bonds is 5. The summed E-state index contributed by atoms with van der Waals surface area (Å²) in [5, 5.41) is 13.5. The maximum absolute atomic E-state index is 8.91. The molecule has 1 fully saturated rings. The standard InChI is InChI=1S/C23H27N5O/c1-23(2,3)20-15-28-21(25-20)8-9-22(26-28)29-16-19-10-11-27(14-19)13-18-6-4-17(12-24)5-7-18/h4-9,15,19H,10-11,13-14,16H2,1-3H3. The molecule has 0 saturated carbocycles. The van der Waals surface area contributed by atoms with Crippen molar-refractivity contribution in [3.63, 3.8) is 0 Å². The van der Waals surface area contributed by atoms with Crippen molar-refractivity contribution in [2.24, 2.45) is 5.92 Å². The Labute approximate surface area is 171 Å². The van der Waals surface area contributed by atoms with Crippen LogP contribution in [-0.2, 0) is 12.0 Å². The number of nitrogens with zero attached hydrogens (tertiary/aromatic N) is 5. The minimum Gasteiger partial charge on any atom is -0.476 e. The van der Waals surface area contributed by atoms with Crippen molar-refractivity contribution in [2.75, 3.05) is 19.7 Å². The molecule has 3 aromatic rings. The Morgan fingerprint density at radius 1 is 1.17 bits per heavy atom. The number of fused-ring (bicyclic) bond motifs is 1. The summed E-state index contributed by atoms with van der Waals surface area (Å²) in [7, 11) is 0. The van der Waals surface area contributed by atoms with Crippen LogP contribution in [0.5, 0.6) is 5.88 Å². The molecule has 1 aliphatic heterocycles. The maximum Gasteiger partial charge on any atom is 0.231 e. The summed E-state index contributed by atoms with van der Waals surface area (Å²) in [6.07, 6.45) is 3.11. The van der Waals surface area contributed by atoms with Gasteiger partial charge in [-0.1, -0.05) is 32.9 Å². The first-order valence-electron chi connectivity index (χ1n) is 10.1. The molecule has 0 N–H and O–H groups in total. The maximum atomic E-state index is 8.91. The van der Waals surface area contributed by atoms with Crippen LogP contribution in [0.1, 0.15) is 44.0 Å². The molecule has 4 rings (SSSR count). The molecule has 0 spiro atoms. The highest BCUT2D eigenvalue weighted by Gasteiger charge is 2.23. The van der Waals surface area contributed by atoms with Crippen molar-refractivity contribution < 1.29 is 4.74 Å². The van der Waals surface area contributed by atoms with Crippen LogP contribution in [0.15, 0.2) is 42.6 Å². The van der Waals surface area contributed by atoms with Gasteiger partial charge in [0, 0.05) is 30.5 Å². The van der Waals surface area contributed by atoms with Crippen LogP contribution in [0.25, 0.3) is 5.65 Å². The van der Waals surface area contributed by atoms with Crippen molar-refractivity contribution >= 4 is 5.65 Å². The molecule has 0 amide bonds. The third-order valence-electron chi connectivity index (χ3n) is 5.39. The predicted octanol–water partition coefficient (Wildman–Crippen LogP) is 3.80. The number of nitriles is 1. The molecule has 6 nitrogen and oxygen atoms in total. The number of imidazole rings is 1. The lowest BCUT2D eigenvalue weighted by Gasteiger charge is -2.16. The lowest BCUT2D eigenvalue weighted by Crippen LogP contribution is -2.22. The number of hydrogen-bond donors (Lipinski definition) is 0. The third-order valence-corrected chi connectivity index (χ3v) is 5.39. The number of hydrogen-bond acceptors (Lipinski definition) is 5. The van der Waals surface area contributed by atoms with Gasteiger partial charge < -0.3 is 4.74 Å².